The van der Waals surface area contributed by atoms with Crippen molar-refractivity contribution in [2.45, 2.75) is 20.3 Å². The Bertz CT molecular complexity index is 530. The Morgan fingerprint density at radius 2 is 1.85 bits per heavy atom. The SMILES string of the molecule is COC(=O)/C(=C/C(C)=C/Cc1ccccc1)NC(C)=O. The highest BCUT2D eigenvalue weighted by Gasteiger charge is 2.10. The molecule has 1 N–H and O–H groups in total. The molecule has 0 heterocycles. The molecule has 106 valence electrons. The van der Waals surface area contributed by atoms with Crippen molar-refractivity contribution in [3.8, 4) is 0 Å². The maximum atomic E-state index is 11.5. The second kappa shape index (κ2) is 7.94. The standard InChI is InChI=1S/C16H19NO3/c1-12(9-10-14-7-5-4-6-8-14)11-15(16(19)20-3)17-13(2)18/h4-9,11H,10H2,1-3H3,(H,17,18)/b12-9+,15-11-. The third-order valence-corrected chi connectivity index (χ3v) is 2.59. The van der Waals surface area contributed by atoms with E-state index in [2.05, 4.69) is 10.1 Å². The van der Waals surface area contributed by atoms with Crippen LogP contribution in [-0.2, 0) is 20.7 Å². The van der Waals surface area contributed by atoms with E-state index >= 15 is 0 Å². The molecule has 0 atom stereocenters. The number of amides is 1. The summed E-state index contributed by atoms with van der Waals surface area (Å²) in [6, 6.07) is 9.98. The summed E-state index contributed by atoms with van der Waals surface area (Å²) in [5.74, 6) is -0.870. The molecule has 0 saturated heterocycles. The summed E-state index contributed by atoms with van der Waals surface area (Å²) in [6.45, 7) is 3.22. The Labute approximate surface area is 119 Å². The Hall–Kier alpha value is -2.36. The average molecular weight is 273 g/mol. The van der Waals surface area contributed by atoms with E-state index in [4.69, 9.17) is 0 Å². The van der Waals surface area contributed by atoms with E-state index in [1.54, 1.807) is 6.08 Å². The second-order valence-corrected chi connectivity index (χ2v) is 4.37. The van der Waals surface area contributed by atoms with Crippen LogP contribution in [0.1, 0.15) is 19.4 Å². The molecule has 20 heavy (non-hydrogen) atoms. The van der Waals surface area contributed by atoms with Gasteiger partial charge in [0.15, 0.2) is 0 Å². The molecule has 0 radical (unpaired) electrons. The Morgan fingerprint density at radius 1 is 1.20 bits per heavy atom. The number of carbonyl (C=O) groups is 2. The molecule has 0 aliphatic rings. The summed E-state index contributed by atoms with van der Waals surface area (Å²) in [5, 5.41) is 2.47. The van der Waals surface area contributed by atoms with Crippen molar-refractivity contribution in [2.24, 2.45) is 0 Å². The zero-order valence-electron chi connectivity index (χ0n) is 12.0. The fourth-order valence-electron chi connectivity index (χ4n) is 1.63. The summed E-state index contributed by atoms with van der Waals surface area (Å²) in [6.07, 6.45) is 4.36. The van der Waals surface area contributed by atoms with Crippen molar-refractivity contribution in [1.82, 2.24) is 5.32 Å². The summed E-state index contributed by atoms with van der Waals surface area (Å²) in [5.41, 5.74) is 2.20. The Balaban J connectivity index is 2.81. The number of hydrogen-bond acceptors (Lipinski definition) is 3. The number of benzene rings is 1. The van der Waals surface area contributed by atoms with E-state index in [1.807, 2.05) is 43.3 Å². The summed E-state index contributed by atoms with van der Waals surface area (Å²) in [7, 11) is 1.28. The Kier molecular flexibility index (Phi) is 6.23. The quantitative estimate of drug-likeness (QED) is 0.509. The number of ether oxygens (including phenoxy) is 1. The van der Waals surface area contributed by atoms with Gasteiger partial charge in [0.05, 0.1) is 7.11 Å². The predicted octanol–water partition coefficient (Wildman–Crippen LogP) is 2.37. The molecular weight excluding hydrogens is 254 g/mol. The first kappa shape index (κ1) is 15.7. The maximum Gasteiger partial charge on any atom is 0.354 e. The van der Waals surface area contributed by atoms with Gasteiger partial charge in [-0.1, -0.05) is 42.0 Å². The van der Waals surface area contributed by atoms with E-state index in [0.29, 0.717) is 0 Å². The van der Waals surface area contributed by atoms with Crippen LogP contribution in [0.5, 0.6) is 0 Å². The molecule has 1 aromatic rings. The van der Waals surface area contributed by atoms with Gasteiger partial charge < -0.3 is 10.1 Å². The van der Waals surface area contributed by atoms with Crippen molar-refractivity contribution in [3.05, 3.63) is 59.3 Å². The first-order chi connectivity index (χ1) is 9.52. The maximum absolute atomic E-state index is 11.5. The van der Waals surface area contributed by atoms with Crippen molar-refractivity contribution in [3.63, 3.8) is 0 Å². The fraction of sp³-hybridized carbons (Fsp3) is 0.250. The molecule has 0 saturated carbocycles. The van der Waals surface area contributed by atoms with Crippen molar-refractivity contribution in [1.29, 1.82) is 0 Å². The minimum Gasteiger partial charge on any atom is -0.464 e. The van der Waals surface area contributed by atoms with Gasteiger partial charge in [0, 0.05) is 6.92 Å². The lowest BCUT2D eigenvalue weighted by Crippen LogP contribution is -2.25. The zero-order chi connectivity index (χ0) is 15.0. The van der Waals surface area contributed by atoms with E-state index in [-0.39, 0.29) is 11.6 Å². The van der Waals surface area contributed by atoms with Crippen molar-refractivity contribution >= 4 is 11.9 Å². The highest BCUT2D eigenvalue weighted by molar-refractivity contribution is 5.93. The van der Waals surface area contributed by atoms with Gasteiger partial charge in [-0.2, -0.15) is 0 Å². The van der Waals surface area contributed by atoms with Crippen LogP contribution in [0.2, 0.25) is 0 Å². The van der Waals surface area contributed by atoms with E-state index < -0.39 is 5.97 Å². The third kappa shape index (κ3) is 5.52. The van der Waals surface area contributed by atoms with Crippen molar-refractivity contribution in [2.75, 3.05) is 7.11 Å². The third-order valence-electron chi connectivity index (χ3n) is 2.59. The van der Waals surface area contributed by atoms with Crippen molar-refractivity contribution < 1.29 is 14.3 Å². The van der Waals surface area contributed by atoms with Gasteiger partial charge in [-0.05, 0) is 25.0 Å². The molecule has 0 bridgehead atoms. The highest BCUT2D eigenvalue weighted by atomic mass is 16.5. The summed E-state index contributed by atoms with van der Waals surface area (Å²) >= 11 is 0. The molecule has 0 fully saturated rings. The average Bonchev–Trinajstić information content (AvgIpc) is 2.44. The minimum absolute atomic E-state index is 0.141. The van der Waals surface area contributed by atoms with Gasteiger partial charge in [-0.3, -0.25) is 4.79 Å². The first-order valence-corrected chi connectivity index (χ1v) is 6.31. The molecule has 0 spiro atoms. The lowest BCUT2D eigenvalue weighted by Gasteiger charge is -2.06. The summed E-state index contributed by atoms with van der Waals surface area (Å²) in [4.78, 5) is 22.6. The molecule has 0 aliphatic heterocycles. The molecule has 0 aliphatic carbocycles. The number of hydrogen-bond donors (Lipinski definition) is 1. The first-order valence-electron chi connectivity index (χ1n) is 6.31. The van der Waals surface area contributed by atoms with Gasteiger partial charge in [-0.15, -0.1) is 0 Å². The van der Waals surface area contributed by atoms with Crippen LogP contribution in [0.3, 0.4) is 0 Å². The van der Waals surface area contributed by atoms with Gasteiger partial charge in [-0.25, -0.2) is 4.79 Å². The van der Waals surface area contributed by atoms with Gasteiger partial charge in [0.1, 0.15) is 5.70 Å². The molecule has 4 nitrogen and oxygen atoms in total. The molecule has 4 heteroatoms. The van der Waals surface area contributed by atoms with Crippen LogP contribution in [0.15, 0.2) is 53.8 Å². The molecular formula is C16H19NO3. The second-order valence-electron chi connectivity index (χ2n) is 4.37. The molecule has 1 aromatic carbocycles. The number of nitrogens with one attached hydrogen (secondary N) is 1. The normalized spacial score (nSPS) is 11.9. The molecule has 0 unspecified atom stereocenters. The fourth-order valence-corrected chi connectivity index (χ4v) is 1.63. The molecule has 1 amide bonds. The Morgan fingerprint density at radius 3 is 2.40 bits per heavy atom. The minimum atomic E-state index is -0.562. The smallest absolute Gasteiger partial charge is 0.354 e. The van der Waals surface area contributed by atoms with Crippen LogP contribution in [0.4, 0.5) is 0 Å². The van der Waals surface area contributed by atoms with Crippen LogP contribution in [-0.4, -0.2) is 19.0 Å². The lowest BCUT2D eigenvalue weighted by molar-refractivity contribution is -0.137. The highest BCUT2D eigenvalue weighted by Crippen LogP contribution is 2.06. The van der Waals surface area contributed by atoms with Gasteiger partial charge in [0.2, 0.25) is 5.91 Å². The van der Waals surface area contributed by atoms with E-state index in [0.717, 1.165) is 12.0 Å². The van der Waals surface area contributed by atoms with Crippen LogP contribution in [0.25, 0.3) is 0 Å². The molecule has 0 aromatic heterocycles. The number of esters is 1. The van der Waals surface area contributed by atoms with E-state index in [1.165, 1.54) is 19.6 Å². The number of rotatable bonds is 5. The molecule has 1 rings (SSSR count). The van der Waals surface area contributed by atoms with Gasteiger partial charge >= 0.3 is 5.97 Å². The monoisotopic (exact) mass is 273 g/mol. The zero-order valence-corrected chi connectivity index (χ0v) is 12.0. The number of allylic oxidation sites excluding steroid dienone is 3. The number of carbonyl (C=O) groups excluding carboxylic acids is 2. The number of methoxy groups -OCH3 is 1. The van der Waals surface area contributed by atoms with Crippen LogP contribution >= 0.6 is 0 Å². The lowest BCUT2D eigenvalue weighted by atomic mass is 10.1. The van der Waals surface area contributed by atoms with E-state index in [9.17, 15) is 9.59 Å². The van der Waals surface area contributed by atoms with Crippen LogP contribution < -0.4 is 5.32 Å². The van der Waals surface area contributed by atoms with Crippen LogP contribution in [0, 0.1) is 0 Å². The van der Waals surface area contributed by atoms with Gasteiger partial charge in [0.25, 0.3) is 0 Å². The predicted molar refractivity (Wildman–Crippen MR) is 77.8 cm³/mol. The topological polar surface area (TPSA) is 55.4 Å². The summed E-state index contributed by atoms with van der Waals surface area (Å²) < 4.78 is 4.63. The largest absolute Gasteiger partial charge is 0.464 e.